The second kappa shape index (κ2) is 6.06. The minimum atomic E-state index is -0.147. The van der Waals surface area contributed by atoms with Gasteiger partial charge in [0.25, 0.3) is 5.56 Å². The third-order valence-electron chi connectivity index (χ3n) is 4.10. The first-order valence-electron chi connectivity index (χ1n) is 7.85. The number of nitriles is 1. The van der Waals surface area contributed by atoms with Crippen LogP contribution in [0.4, 0.5) is 0 Å². The Kier molecular flexibility index (Phi) is 3.60. The average Bonchev–Trinajstić information content (AvgIpc) is 2.68. The van der Waals surface area contributed by atoms with Gasteiger partial charge in [-0.3, -0.25) is 4.79 Å². The number of para-hydroxylation sites is 1. The quantitative estimate of drug-likeness (QED) is 0.603. The number of nitrogens with one attached hydrogen (secondary N) is 1. The summed E-state index contributed by atoms with van der Waals surface area (Å²) in [4.78, 5) is 19.6. The molecule has 0 radical (unpaired) electrons. The van der Waals surface area contributed by atoms with E-state index >= 15 is 0 Å². The molecule has 118 valence electrons. The molecule has 0 bridgehead atoms. The molecule has 0 spiro atoms. The molecule has 1 aromatic heterocycles. The summed E-state index contributed by atoms with van der Waals surface area (Å²) in [6, 6.07) is 24.6. The molecule has 4 aromatic rings. The minimum Gasteiger partial charge on any atom is -0.306 e. The Morgan fingerprint density at radius 3 is 2.40 bits per heavy atom. The molecular formula is C21H13N3O. The smallest absolute Gasteiger partial charge is 0.259 e. The van der Waals surface area contributed by atoms with E-state index in [-0.39, 0.29) is 5.56 Å². The molecular weight excluding hydrogens is 310 g/mol. The Hall–Kier alpha value is -3.71. The lowest BCUT2D eigenvalue weighted by molar-refractivity contribution is 1.18. The van der Waals surface area contributed by atoms with Crippen molar-refractivity contribution in [1.29, 1.82) is 5.26 Å². The molecule has 4 heteroatoms. The summed E-state index contributed by atoms with van der Waals surface area (Å²) >= 11 is 0. The van der Waals surface area contributed by atoms with Crippen LogP contribution in [0.5, 0.6) is 0 Å². The van der Waals surface area contributed by atoms with E-state index in [9.17, 15) is 4.79 Å². The Morgan fingerprint density at radius 1 is 0.840 bits per heavy atom. The Balaban J connectivity index is 1.75. The first-order chi connectivity index (χ1) is 12.2. The normalized spacial score (nSPS) is 10.5. The highest BCUT2D eigenvalue weighted by Crippen LogP contribution is 2.24. The minimum absolute atomic E-state index is 0.147. The van der Waals surface area contributed by atoms with E-state index in [0.717, 1.165) is 16.7 Å². The van der Waals surface area contributed by atoms with Crippen molar-refractivity contribution < 1.29 is 0 Å². The molecule has 0 aliphatic rings. The summed E-state index contributed by atoms with van der Waals surface area (Å²) < 4.78 is 0. The third kappa shape index (κ3) is 2.79. The number of rotatable bonds is 2. The molecule has 0 aliphatic carbocycles. The van der Waals surface area contributed by atoms with Crippen molar-refractivity contribution in [1.82, 2.24) is 9.97 Å². The van der Waals surface area contributed by atoms with Gasteiger partial charge in [-0.15, -0.1) is 0 Å². The molecule has 4 rings (SSSR count). The summed E-state index contributed by atoms with van der Waals surface area (Å²) in [5.41, 5.74) is 3.97. The number of hydrogen-bond donors (Lipinski definition) is 1. The van der Waals surface area contributed by atoms with Gasteiger partial charge in [0.15, 0.2) is 0 Å². The molecule has 1 heterocycles. The van der Waals surface area contributed by atoms with Gasteiger partial charge >= 0.3 is 0 Å². The molecule has 4 nitrogen and oxygen atoms in total. The Labute approximate surface area is 144 Å². The third-order valence-corrected chi connectivity index (χ3v) is 4.10. The molecule has 3 aromatic carbocycles. The molecule has 0 amide bonds. The van der Waals surface area contributed by atoms with Gasteiger partial charge in [-0.05, 0) is 35.4 Å². The first kappa shape index (κ1) is 14.9. The van der Waals surface area contributed by atoms with Crippen molar-refractivity contribution >= 4 is 10.9 Å². The molecule has 0 atom stereocenters. The van der Waals surface area contributed by atoms with E-state index in [1.807, 2.05) is 60.7 Å². The van der Waals surface area contributed by atoms with E-state index < -0.39 is 0 Å². The lowest BCUT2D eigenvalue weighted by Gasteiger charge is -2.06. The highest BCUT2D eigenvalue weighted by molar-refractivity contribution is 5.79. The average molecular weight is 323 g/mol. The Morgan fingerprint density at radius 2 is 1.60 bits per heavy atom. The summed E-state index contributed by atoms with van der Waals surface area (Å²) in [6.07, 6.45) is 0. The fraction of sp³-hybridized carbons (Fsp3) is 0. The van der Waals surface area contributed by atoms with Crippen molar-refractivity contribution in [2.24, 2.45) is 0 Å². The van der Waals surface area contributed by atoms with E-state index in [4.69, 9.17) is 5.26 Å². The lowest BCUT2D eigenvalue weighted by Crippen LogP contribution is -2.09. The highest BCUT2D eigenvalue weighted by Gasteiger charge is 2.06. The number of nitrogens with zero attached hydrogens (tertiary/aromatic N) is 2. The van der Waals surface area contributed by atoms with Crippen LogP contribution in [0.15, 0.2) is 77.6 Å². The van der Waals surface area contributed by atoms with Gasteiger partial charge in [0.1, 0.15) is 5.82 Å². The van der Waals surface area contributed by atoms with Crippen LogP contribution in [0, 0.1) is 11.3 Å². The zero-order valence-corrected chi connectivity index (χ0v) is 13.2. The van der Waals surface area contributed by atoms with E-state index in [0.29, 0.717) is 22.3 Å². The van der Waals surface area contributed by atoms with Crippen LogP contribution in [0.25, 0.3) is 33.4 Å². The van der Waals surface area contributed by atoms with Gasteiger partial charge in [-0.2, -0.15) is 5.26 Å². The molecule has 0 saturated heterocycles. The standard InChI is InChI=1S/C21H13N3O/c22-13-14-4-3-5-17(12-14)15-8-10-16(11-9-15)20-23-19-7-2-1-6-18(19)21(25)24-20/h1-12H,(H,23,24,25). The maximum Gasteiger partial charge on any atom is 0.259 e. The van der Waals surface area contributed by atoms with Crippen LogP contribution in [0.1, 0.15) is 5.56 Å². The Bertz CT molecular complexity index is 1170. The molecule has 0 unspecified atom stereocenters. The predicted octanol–water partition coefficient (Wildman–Crippen LogP) is 4.13. The molecule has 0 fully saturated rings. The van der Waals surface area contributed by atoms with Crippen molar-refractivity contribution in [3.8, 4) is 28.6 Å². The zero-order valence-electron chi connectivity index (χ0n) is 13.2. The molecule has 25 heavy (non-hydrogen) atoms. The van der Waals surface area contributed by atoms with E-state index in [1.165, 1.54) is 0 Å². The van der Waals surface area contributed by atoms with Gasteiger partial charge in [0.05, 0.1) is 22.5 Å². The number of benzene rings is 3. The fourth-order valence-corrected chi connectivity index (χ4v) is 2.81. The number of aromatic nitrogens is 2. The van der Waals surface area contributed by atoms with Crippen molar-refractivity contribution in [2.45, 2.75) is 0 Å². The topological polar surface area (TPSA) is 69.5 Å². The maximum absolute atomic E-state index is 12.2. The number of aromatic amines is 1. The second-order valence-corrected chi connectivity index (χ2v) is 5.70. The van der Waals surface area contributed by atoms with Crippen LogP contribution < -0.4 is 5.56 Å². The fourth-order valence-electron chi connectivity index (χ4n) is 2.81. The summed E-state index contributed by atoms with van der Waals surface area (Å²) in [5.74, 6) is 0.543. The second-order valence-electron chi connectivity index (χ2n) is 5.70. The SMILES string of the molecule is N#Cc1cccc(-c2ccc(-c3nc4ccccc4c(=O)[nH]3)cc2)c1. The molecule has 0 saturated carbocycles. The summed E-state index contributed by atoms with van der Waals surface area (Å²) in [6.45, 7) is 0. The monoisotopic (exact) mass is 323 g/mol. The van der Waals surface area contributed by atoms with Crippen LogP contribution in [0.3, 0.4) is 0 Å². The van der Waals surface area contributed by atoms with Crippen LogP contribution in [0.2, 0.25) is 0 Å². The summed E-state index contributed by atoms with van der Waals surface area (Å²) in [7, 11) is 0. The van der Waals surface area contributed by atoms with Crippen LogP contribution >= 0.6 is 0 Å². The number of fused-ring (bicyclic) bond motifs is 1. The van der Waals surface area contributed by atoms with Crippen LogP contribution in [-0.2, 0) is 0 Å². The summed E-state index contributed by atoms with van der Waals surface area (Å²) in [5, 5.41) is 9.60. The predicted molar refractivity (Wildman–Crippen MR) is 98.0 cm³/mol. The van der Waals surface area contributed by atoms with E-state index in [1.54, 1.807) is 12.1 Å². The van der Waals surface area contributed by atoms with Gasteiger partial charge in [0, 0.05) is 5.56 Å². The maximum atomic E-state index is 12.2. The van der Waals surface area contributed by atoms with Crippen molar-refractivity contribution in [2.75, 3.05) is 0 Å². The number of hydrogen-bond acceptors (Lipinski definition) is 3. The lowest BCUT2D eigenvalue weighted by atomic mass is 10.0. The largest absolute Gasteiger partial charge is 0.306 e. The number of H-pyrrole nitrogens is 1. The van der Waals surface area contributed by atoms with Gasteiger partial charge in [-0.1, -0.05) is 48.5 Å². The van der Waals surface area contributed by atoms with Crippen molar-refractivity contribution in [3.05, 3.63) is 88.7 Å². The van der Waals surface area contributed by atoms with Gasteiger partial charge < -0.3 is 4.98 Å². The van der Waals surface area contributed by atoms with Gasteiger partial charge in [0.2, 0.25) is 0 Å². The van der Waals surface area contributed by atoms with E-state index in [2.05, 4.69) is 16.0 Å². The molecule has 1 N–H and O–H groups in total. The van der Waals surface area contributed by atoms with Crippen LogP contribution in [-0.4, -0.2) is 9.97 Å². The highest BCUT2D eigenvalue weighted by atomic mass is 16.1. The zero-order chi connectivity index (χ0) is 17.2. The van der Waals surface area contributed by atoms with Gasteiger partial charge in [-0.25, -0.2) is 4.98 Å². The first-order valence-corrected chi connectivity index (χ1v) is 7.85. The molecule has 0 aliphatic heterocycles. The van der Waals surface area contributed by atoms with Crippen molar-refractivity contribution in [3.63, 3.8) is 0 Å².